The fourth-order valence-electron chi connectivity index (χ4n) is 2.82. The van der Waals surface area contributed by atoms with Gasteiger partial charge in [-0.05, 0) is 30.5 Å². The molecule has 1 fully saturated rings. The monoisotopic (exact) mass is 364 g/mol. The number of hydrogen-bond donors (Lipinski definition) is 2. The molecule has 0 aliphatic carbocycles. The first kappa shape index (κ1) is 19.4. The topological polar surface area (TPSA) is 39.7 Å². The highest BCUT2D eigenvalue weighted by Gasteiger charge is 2.34. The summed E-state index contributed by atoms with van der Waals surface area (Å²) in [5, 5.41) is 6.07. The van der Waals surface area contributed by atoms with Crippen molar-refractivity contribution in [1.29, 1.82) is 0 Å². The minimum absolute atomic E-state index is 0.125. The Bertz CT molecular complexity index is 582. The van der Waals surface area contributed by atoms with Gasteiger partial charge in [0.2, 0.25) is 0 Å². The minimum atomic E-state index is -4.20. The molecule has 2 N–H and O–H groups in total. The maximum Gasteiger partial charge on any atom is 0.401 e. The molecule has 9 heteroatoms. The molecule has 4 nitrogen and oxygen atoms in total. The molecule has 1 aromatic rings. The summed E-state index contributed by atoms with van der Waals surface area (Å²) < 4.78 is 63.4. The number of hydrogen-bond acceptors (Lipinski definition) is 2. The first-order valence-corrected chi connectivity index (χ1v) is 7.96. The van der Waals surface area contributed by atoms with Crippen LogP contribution in [0.5, 0.6) is 0 Å². The molecule has 0 amide bonds. The molecular formula is C16H21F5N4. The van der Waals surface area contributed by atoms with E-state index in [1.807, 2.05) is 0 Å². The van der Waals surface area contributed by atoms with Crippen LogP contribution in [-0.4, -0.2) is 56.3 Å². The standard InChI is InChI=1S/C16H21F5N4/c1-22-15(23-4-2-11-6-12(17)8-13(18)7-11)24-14-3-5-25(9-14)10-16(19,20)21/h6-8,14H,2-5,9-10H2,1H3,(H2,22,23,24). The van der Waals surface area contributed by atoms with Crippen molar-refractivity contribution in [2.24, 2.45) is 4.99 Å². The zero-order valence-electron chi connectivity index (χ0n) is 13.8. The Morgan fingerprint density at radius 2 is 1.92 bits per heavy atom. The summed E-state index contributed by atoms with van der Waals surface area (Å²) in [6, 6.07) is 3.20. The number of nitrogens with zero attached hydrogens (tertiary/aromatic N) is 2. The number of halogens is 5. The van der Waals surface area contributed by atoms with E-state index < -0.39 is 24.4 Å². The molecule has 0 saturated carbocycles. The summed E-state index contributed by atoms with van der Waals surface area (Å²) in [5.41, 5.74) is 0.512. The van der Waals surface area contributed by atoms with Crippen molar-refractivity contribution in [2.75, 3.05) is 33.2 Å². The molecule has 1 aliphatic heterocycles. The molecule has 0 radical (unpaired) electrons. The molecule has 1 saturated heterocycles. The Balaban J connectivity index is 1.76. The maximum atomic E-state index is 13.1. The lowest BCUT2D eigenvalue weighted by molar-refractivity contribution is -0.143. The Hall–Kier alpha value is -1.90. The highest BCUT2D eigenvalue weighted by atomic mass is 19.4. The van der Waals surface area contributed by atoms with Crippen LogP contribution in [0, 0.1) is 11.6 Å². The molecule has 1 aliphatic rings. The predicted molar refractivity (Wildman–Crippen MR) is 85.5 cm³/mol. The molecule has 0 spiro atoms. The third-order valence-corrected chi connectivity index (χ3v) is 3.87. The molecule has 1 atom stereocenters. The van der Waals surface area contributed by atoms with E-state index in [0.29, 0.717) is 37.5 Å². The summed E-state index contributed by atoms with van der Waals surface area (Å²) in [4.78, 5) is 5.37. The van der Waals surface area contributed by atoms with Crippen LogP contribution in [0.2, 0.25) is 0 Å². The van der Waals surface area contributed by atoms with Crippen molar-refractivity contribution in [3.63, 3.8) is 0 Å². The summed E-state index contributed by atoms with van der Waals surface area (Å²) in [7, 11) is 1.56. The predicted octanol–water partition coefficient (Wildman–Crippen LogP) is 2.31. The quantitative estimate of drug-likeness (QED) is 0.479. The van der Waals surface area contributed by atoms with Crippen LogP contribution in [0.4, 0.5) is 22.0 Å². The molecule has 1 aromatic carbocycles. The summed E-state index contributed by atoms with van der Waals surface area (Å²) in [5.74, 6) is -0.808. The zero-order chi connectivity index (χ0) is 18.4. The van der Waals surface area contributed by atoms with Crippen LogP contribution >= 0.6 is 0 Å². The average Bonchev–Trinajstić information content (AvgIpc) is 2.90. The van der Waals surface area contributed by atoms with E-state index in [1.54, 1.807) is 7.05 Å². The van der Waals surface area contributed by atoms with Crippen molar-refractivity contribution < 1.29 is 22.0 Å². The van der Waals surface area contributed by atoms with Crippen molar-refractivity contribution in [3.8, 4) is 0 Å². The van der Waals surface area contributed by atoms with Crippen LogP contribution in [0.1, 0.15) is 12.0 Å². The van der Waals surface area contributed by atoms with Gasteiger partial charge in [-0.2, -0.15) is 13.2 Å². The minimum Gasteiger partial charge on any atom is -0.356 e. The Morgan fingerprint density at radius 1 is 1.24 bits per heavy atom. The van der Waals surface area contributed by atoms with Gasteiger partial charge in [0.05, 0.1) is 6.54 Å². The number of nitrogens with one attached hydrogen (secondary N) is 2. The normalized spacial score (nSPS) is 19.3. The SMILES string of the molecule is CN=C(NCCc1cc(F)cc(F)c1)NC1CCN(CC(F)(F)F)C1. The van der Waals surface area contributed by atoms with E-state index in [2.05, 4.69) is 15.6 Å². The molecule has 1 heterocycles. The van der Waals surface area contributed by atoms with E-state index in [0.717, 1.165) is 6.07 Å². The van der Waals surface area contributed by atoms with Gasteiger partial charge in [0, 0.05) is 38.8 Å². The van der Waals surface area contributed by atoms with Crippen LogP contribution in [0.25, 0.3) is 0 Å². The van der Waals surface area contributed by atoms with E-state index in [-0.39, 0.29) is 12.6 Å². The maximum absolute atomic E-state index is 13.1. The third-order valence-electron chi connectivity index (χ3n) is 3.87. The van der Waals surface area contributed by atoms with Gasteiger partial charge >= 0.3 is 6.18 Å². The van der Waals surface area contributed by atoms with Gasteiger partial charge in [-0.1, -0.05) is 0 Å². The fraction of sp³-hybridized carbons (Fsp3) is 0.562. The van der Waals surface area contributed by atoms with Gasteiger partial charge in [0.1, 0.15) is 11.6 Å². The highest BCUT2D eigenvalue weighted by molar-refractivity contribution is 5.80. The van der Waals surface area contributed by atoms with Gasteiger partial charge in [0.15, 0.2) is 5.96 Å². The van der Waals surface area contributed by atoms with Crippen LogP contribution in [0.3, 0.4) is 0 Å². The van der Waals surface area contributed by atoms with Crippen LogP contribution in [0.15, 0.2) is 23.2 Å². The number of benzene rings is 1. The van der Waals surface area contributed by atoms with E-state index in [4.69, 9.17) is 0 Å². The fourth-order valence-corrected chi connectivity index (χ4v) is 2.82. The first-order valence-electron chi connectivity index (χ1n) is 7.96. The van der Waals surface area contributed by atoms with Crippen molar-refractivity contribution in [3.05, 3.63) is 35.4 Å². The number of likely N-dealkylation sites (tertiary alicyclic amines) is 1. The van der Waals surface area contributed by atoms with Crippen LogP contribution in [-0.2, 0) is 6.42 Å². The Morgan fingerprint density at radius 3 is 2.52 bits per heavy atom. The lowest BCUT2D eigenvalue weighted by Gasteiger charge is -2.19. The lowest BCUT2D eigenvalue weighted by Crippen LogP contribution is -2.45. The molecule has 0 bridgehead atoms. The van der Waals surface area contributed by atoms with Gasteiger partial charge in [-0.25, -0.2) is 8.78 Å². The largest absolute Gasteiger partial charge is 0.401 e. The van der Waals surface area contributed by atoms with Crippen molar-refractivity contribution in [2.45, 2.75) is 25.1 Å². The molecular weight excluding hydrogens is 343 g/mol. The lowest BCUT2D eigenvalue weighted by atomic mass is 10.1. The molecule has 1 unspecified atom stereocenters. The summed E-state index contributed by atoms with van der Waals surface area (Å²) in [6.07, 6.45) is -3.22. The molecule has 25 heavy (non-hydrogen) atoms. The number of alkyl halides is 3. The number of aliphatic imine (C=N–C) groups is 1. The molecule has 2 rings (SSSR count). The van der Waals surface area contributed by atoms with E-state index in [9.17, 15) is 22.0 Å². The van der Waals surface area contributed by atoms with Crippen molar-refractivity contribution in [1.82, 2.24) is 15.5 Å². The van der Waals surface area contributed by atoms with Gasteiger partial charge < -0.3 is 10.6 Å². The second-order valence-corrected chi connectivity index (χ2v) is 6.01. The Labute approximate surface area is 143 Å². The number of rotatable bonds is 5. The van der Waals surface area contributed by atoms with Crippen molar-refractivity contribution >= 4 is 5.96 Å². The average molecular weight is 364 g/mol. The highest BCUT2D eigenvalue weighted by Crippen LogP contribution is 2.19. The smallest absolute Gasteiger partial charge is 0.356 e. The van der Waals surface area contributed by atoms with Gasteiger partial charge in [0.25, 0.3) is 0 Å². The van der Waals surface area contributed by atoms with E-state index in [1.165, 1.54) is 17.0 Å². The molecule has 0 aromatic heterocycles. The summed E-state index contributed by atoms with van der Waals surface area (Å²) in [6.45, 7) is 0.135. The van der Waals surface area contributed by atoms with Crippen LogP contribution < -0.4 is 10.6 Å². The second kappa shape index (κ2) is 8.46. The summed E-state index contributed by atoms with van der Waals surface area (Å²) >= 11 is 0. The second-order valence-electron chi connectivity index (χ2n) is 6.01. The molecule has 140 valence electrons. The zero-order valence-corrected chi connectivity index (χ0v) is 13.8. The van der Waals surface area contributed by atoms with Gasteiger partial charge in [-0.3, -0.25) is 9.89 Å². The Kier molecular flexibility index (Phi) is 6.57. The number of guanidine groups is 1. The van der Waals surface area contributed by atoms with Gasteiger partial charge in [-0.15, -0.1) is 0 Å². The third kappa shape index (κ3) is 6.85. The van der Waals surface area contributed by atoms with E-state index >= 15 is 0 Å². The first-order chi connectivity index (χ1) is 11.7.